The van der Waals surface area contributed by atoms with Gasteiger partial charge in [0.25, 0.3) is 0 Å². The van der Waals surface area contributed by atoms with Crippen molar-refractivity contribution in [2.45, 2.75) is 0 Å². The highest BCUT2D eigenvalue weighted by Gasteiger charge is 2.15. The Kier molecular flexibility index (Phi) is 6.49. The van der Waals surface area contributed by atoms with Crippen LogP contribution >= 0.6 is 0 Å². The zero-order chi connectivity index (χ0) is 33.0. The summed E-state index contributed by atoms with van der Waals surface area (Å²) in [6.07, 6.45) is 3.86. The summed E-state index contributed by atoms with van der Waals surface area (Å²) in [6, 6.07) is 63.4. The van der Waals surface area contributed by atoms with Crippen LogP contribution in [0.1, 0.15) is 0 Å². The molecule has 0 aliphatic heterocycles. The van der Waals surface area contributed by atoms with Crippen molar-refractivity contribution in [2.24, 2.45) is 0 Å². The number of pyridine rings is 1. The number of fused-ring (bicyclic) bond motifs is 6. The van der Waals surface area contributed by atoms with Crippen LogP contribution in [0.3, 0.4) is 0 Å². The lowest BCUT2D eigenvalue weighted by atomic mass is 9.98. The molecule has 7 aromatic carbocycles. The molecular formula is C47H31N3. The lowest BCUT2D eigenvalue weighted by Gasteiger charge is -2.10. The smallest absolute Gasteiger partial charge is 0.0724 e. The van der Waals surface area contributed by atoms with E-state index in [0.717, 1.165) is 11.2 Å². The molecule has 0 radical (unpaired) electrons. The van der Waals surface area contributed by atoms with Gasteiger partial charge in [-0.05, 0) is 94.0 Å². The lowest BCUT2D eigenvalue weighted by molar-refractivity contribution is 1.17. The molecule has 50 heavy (non-hydrogen) atoms. The second-order valence-corrected chi connectivity index (χ2v) is 12.9. The van der Waals surface area contributed by atoms with Crippen LogP contribution in [0.2, 0.25) is 0 Å². The first kappa shape index (κ1) is 28.3. The highest BCUT2D eigenvalue weighted by Crippen LogP contribution is 2.37. The van der Waals surface area contributed by atoms with Gasteiger partial charge in [-0.3, -0.25) is 4.98 Å². The molecule has 3 heterocycles. The van der Waals surface area contributed by atoms with E-state index in [9.17, 15) is 0 Å². The summed E-state index contributed by atoms with van der Waals surface area (Å²) >= 11 is 0. The van der Waals surface area contributed by atoms with Gasteiger partial charge in [-0.1, -0.05) is 115 Å². The van der Waals surface area contributed by atoms with Crippen LogP contribution in [0.15, 0.2) is 188 Å². The van der Waals surface area contributed by atoms with Crippen LogP contribution in [0.5, 0.6) is 0 Å². The van der Waals surface area contributed by atoms with E-state index in [1.165, 1.54) is 77.2 Å². The number of benzene rings is 7. The molecule has 3 aromatic heterocycles. The maximum atomic E-state index is 4.51. The molecule has 3 nitrogen and oxygen atoms in total. The molecule has 3 heteroatoms. The third-order valence-corrected chi connectivity index (χ3v) is 10.0. The Morgan fingerprint density at radius 2 is 0.740 bits per heavy atom. The predicted octanol–water partition coefficient (Wildman–Crippen LogP) is 12.3. The summed E-state index contributed by atoms with van der Waals surface area (Å²) in [6.45, 7) is 0. The largest absolute Gasteiger partial charge is 0.309 e. The van der Waals surface area contributed by atoms with E-state index in [4.69, 9.17) is 0 Å². The molecule has 0 saturated heterocycles. The van der Waals surface area contributed by atoms with Crippen molar-refractivity contribution in [3.05, 3.63) is 188 Å². The third kappa shape index (κ3) is 4.56. The molecule has 0 bridgehead atoms. The van der Waals surface area contributed by atoms with Gasteiger partial charge < -0.3 is 9.13 Å². The van der Waals surface area contributed by atoms with Gasteiger partial charge in [-0.25, -0.2) is 0 Å². The topological polar surface area (TPSA) is 22.8 Å². The number of nitrogens with zero attached hydrogens (tertiary/aromatic N) is 3. The molecule has 0 spiro atoms. The number of para-hydroxylation sites is 2. The quantitative estimate of drug-likeness (QED) is 0.184. The molecule has 0 saturated carbocycles. The Morgan fingerprint density at radius 3 is 1.40 bits per heavy atom. The minimum atomic E-state index is 1.10. The molecule has 10 aromatic rings. The Balaban J connectivity index is 1.02. The fourth-order valence-corrected chi connectivity index (χ4v) is 7.62. The summed E-state index contributed by atoms with van der Waals surface area (Å²) in [5.74, 6) is 0. The van der Waals surface area contributed by atoms with E-state index in [1.807, 2.05) is 12.4 Å². The summed E-state index contributed by atoms with van der Waals surface area (Å²) in [5, 5.41) is 4.94. The van der Waals surface area contributed by atoms with Gasteiger partial charge in [0.1, 0.15) is 0 Å². The van der Waals surface area contributed by atoms with Gasteiger partial charge in [-0.15, -0.1) is 0 Å². The lowest BCUT2D eigenvalue weighted by Crippen LogP contribution is -1.94. The van der Waals surface area contributed by atoms with Crippen molar-refractivity contribution in [1.29, 1.82) is 0 Å². The SMILES string of the molecule is c1ccc(-c2ccc(-n3c4ccc(-c5ccc(-c6ccc7c(c6)c6ccccc6n7-c6ccccc6)cc5)cc4c4ccncc43)cc2)cc1. The summed E-state index contributed by atoms with van der Waals surface area (Å²) in [5.41, 5.74) is 14.2. The van der Waals surface area contributed by atoms with Gasteiger partial charge in [0.05, 0.1) is 28.3 Å². The Morgan fingerprint density at radius 1 is 0.300 bits per heavy atom. The van der Waals surface area contributed by atoms with Crippen molar-refractivity contribution < 1.29 is 0 Å². The summed E-state index contributed by atoms with van der Waals surface area (Å²) in [7, 11) is 0. The van der Waals surface area contributed by atoms with Gasteiger partial charge in [0.15, 0.2) is 0 Å². The fourth-order valence-electron chi connectivity index (χ4n) is 7.62. The van der Waals surface area contributed by atoms with E-state index in [2.05, 4.69) is 190 Å². The van der Waals surface area contributed by atoms with Crippen LogP contribution in [0.25, 0.3) is 88.4 Å². The monoisotopic (exact) mass is 637 g/mol. The molecular weight excluding hydrogens is 607 g/mol. The second kappa shape index (κ2) is 11.5. The van der Waals surface area contributed by atoms with E-state index in [-0.39, 0.29) is 0 Å². The Labute approximate surface area is 290 Å². The summed E-state index contributed by atoms with van der Waals surface area (Å²) in [4.78, 5) is 4.51. The predicted molar refractivity (Wildman–Crippen MR) is 209 cm³/mol. The summed E-state index contributed by atoms with van der Waals surface area (Å²) < 4.78 is 4.69. The maximum absolute atomic E-state index is 4.51. The second-order valence-electron chi connectivity index (χ2n) is 12.9. The molecule has 10 rings (SSSR count). The number of rotatable bonds is 5. The van der Waals surface area contributed by atoms with Gasteiger partial charge >= 0.3 is 0 Å². The Bertz CT molecular complexity index is 2830. The Hall–Kier alpha value is -6.71. The van der Waals surface area contributed by atoms with E-state index in [0.29, 0.717) is 0 Å². The van der Waals surface area contributed by atoms with Gasteiger partial charge in [0, 0.05) is 39.1 Å². The van der Waals surface area contributed by atoms with Crippen LogP contribution in [0, 0.1) is 0 Å². The zero-order valence-corrected chi connectivity index (χ0v) is 27.2. The minimum absolute atomic E-state index is 1.10. The maximum Gasteiger partial charge on any atom is 0.0724 e. The first-order chi connectivity index (χ1) is 24.8. The van der Waals surface area contributed by atoms with Gasteiger partial charge in [0.2, 0.25) is 0 Å². The van der Waals surface area contributed by atoms with Crippen LogP contribution in [-0.4, -0.2) is 14.1 Å². The van der Waals surface area contributed by atoms with Crippen LogP contribution < -0.4 is 0 Å². The molecule has 0 atom stereocenters. The van der Waals surface area contributed by atoms with Crippen molar-refractivity contribution in [3.63, 3.8) is 0 Å². The van der Waals surface area contributed by atoms with E-state index in [1.54, 1.807) is 0 Å². The average molecular weight is 638 g/mol. The standard InChI is InChI=1S/C47H31N3/c1-3-9-32(10-4-1)33-19-23-39(24-20-33)50-46-26-22-37(30-43(46)41-27-28-48-31-47(41)50)35-17-15-34(16-18-35)36-21-25-45-42(29-36)40-13-7-8-14-44(40)49(45)38-11-5-2-6-12-38/h1-31H. The van der Waals surface area contributed by atoms with E-state index >= 15 is 0 Å². The molecule has 0 aliphatic carbocycles. The average Bonchev–Trinajstić information content (AvgIpc) is 3.71. The van der Waals surface area contributed by atoms with Crippen LogP contribution in [-0.2, 0) is 0 Å². The van der Waals surface area contributed by atoms with Crippen molar-refractivity contribution in [3.8, 4) is 44.8 Å². The first-order valence-electron chi connectivity index (χ1n) is 17.0. The van der Waals surface area contributed by atoms with Crippen molar-refractivity contribution in [2.75, 3.05) is 0 Å². The first-order valence-corrected chi connectivity index (χ1v) is 17.0. The van der Waals surface area contributed by atoms with Gasteiger partial charge in [-0.2, -0.15) is 0 Å². The third-order valence-electron chi connectivity index (χ3n) is 10.0. The normalized spacial score (nSPS) is 11.6. The highest BCUT2D eigenvalue weighted by atomic mass is 15.0. The minimum Gasteiger partial charge on any atom is -0.309 e. The fraction of sp³-hybridized carbons (Fsp3) is 0. The zero-order valence-electron chi connectivity index (χ0n) is 27.2. The van der Waals surface area contributed by atoms with Crippen molar-refractivity contribution in [1.82, 2.24) is 14.1 Å². The highest BCUT2D eigenvalue weighted by molar-refractivity contribution is 6.11. The van der Waals surface area contributed by atoms with E-state index < -0.39 is 0 Å². The molecule has 0 aliphatic rings. The number of hydrogen-bond donors (Lipinski definition) is 0. The number of hydrogen-bond acceptors (Lipinski definition) is 1. The van der Waals surface area contributed by atoms with Crippen molar-refractivity contribution >= 4 is 43.6 Å². The number of aromatic nitrogens is 3. The van der Waals surface area contributed by atoms with Crippen LogP contribution in [0.4, 0.5) is 0 Å². The molecule has 0 fully saturated rings. The molecule has 234 valence electrons. The molecule has 0 N–H and O–H groups in total. The molecule has 0 amide bonds. The molecule has 0 unspecified atom stereocenters.